The average molecular weight is 713 g/mol. The van der Waals surface area contributed by atoms with Gasteiger partial charge in [-0.25, -0.2) is 8.42 Å². The molecule has 1 fully saturated rings. The topological polar surface area (TPSA) is 86.8 Å². The first-order valence-electron chi connectivity index (χ1n) is 15.4. The van der Waals surface area contributed by atoms with E-state index in [1.165, 1.54) is 35.2 Å². The lowest BCUT2D eigenvalue weighted by atomic mass is 10.0. The van der Waals surface area contributed by atoms with Crippen LogP contribution in [0, 0.1) is 6.92 Å². The van der Waals surface area contributed by atoms with E-state index in [0.29, 0.717) is 10.6 Å². The minimum absolute atomic E-state index is 0.00294. The molecule has 1 aliphatic carbocycles. The third kappa shape index (κ3) is 8.87. The van der Waals surface area contributed by atoms with Crippen molar-refractivity contribution in [3.05, 3.63) is 129 Å². The normalized spacial score (nSPS) is 14.0. The molecule has 47 heavy (non-hydrogen) atoms. The number of nitrogens with one attached hydrogen (secondary N) is 1. The maximum absolute atomic E-state index is 14.6. The van der Waals surface area contributed by atoms with Crippen molar-refractivity contribution in [1.82, 2.24) is 10.2 Å². The van der Waals surface area contributed by atoms with Crippen LogP contribution >= 0.6 is 34.8 Å². The highest BCUT2D eigenvalue weighted by Crippen LogP contribution is 2.31. The van der Waals surface area contributed by atoms with Gasteiger partial charge in [0, 0.05) is 24.0 Å². The second-order valence-electron chi connectivity index (χ2n) is 11.8. The molecule has 7 nitrogen and oxygen atoms in total. The van der Waals surface area contributed by atoms with Crippen LogP contribution < -0.4 is 9.62 Å². The van der Waals surface area contributed by atoms with Crippen molar-refractivity contribution in [2.24, 2.45) is 0 Å². The van der Waals surface area contributed by atoms with Crippen molar-refractivity contribution < 1.29 is 18.0 Å². The molecule has 246 valence electrons. The fourth-order valence-corrected chi connectivity index (χ4v) is 7.67. The Morgan fingerprint density at radius 2 is 1.51 bits per heavy atom. The van der Waals surface area contributed by atoms with Gasteiger partial charge in [-0.05, 0) is 73.4 Å². The minimum Gasteiger partial charge on any atom is -0.352 e. The molecule has 0 aliphatic heterocycles. The Hall–Kier alpha value is -3.56. The number of hydrogen-bond acceptors (Lipinski definition) is 4. The van der Waals surface area contributed by atoms with Gasteiger partial charge >= 0.3 is 0 Å². The van der Waals surface area contributed by atoms with Crippen molar-refractivity contribution in [1.29, 1.82) is 0 Å². The molecule has 4 aromatic rings. The molecule has 1 unspecified atom stereocenters. The van der Waals surface area contributed by atoms with Gasteiger partial charge in [-0.2, -0.15) is 0 Å². The van der Waals surface area contributed by atoms with Gasteiger partial charge in [0.15, 0.2) is 0 Å². The van der Waals surface area contributed by atoms with Crippen molar-refractivity contribution in [3.8, 4) is 0 Å². The Balaban J connectivity index is 1.58. The van der Waals surface area contributed by atoms with Crippen LogP contribution in [0.1, 0.15) is 42.4 Å². The van der Waals surface area contributed by atoms with Crippen molar-refractivity contribution >= 4 is 62.3 Å². The lowest BCUT2D eigenvalue weighted by Crippen LogP contribution is -2.54. The van der Waals surface area contributed by atoms with Crippen LogP contribution in [0.5, 0.6) is 0 Å². The molecule has 1 saturated carbocycles. The number of sulfonamides is 1. The largest absolute Gasteiger partial charge is 0.352 e. The number of halogens is 3. The van der Waals surface area contributed by atoms with Gasteiger partial charge in [-0.3, -0.25) is 13.9 Å². The highest BCUT2D eigenvalue weighted by molar-refractivity contribution is 7.92. The summed E-state index contributed by atoms with van der Waals surface area (Å²) in [6.07, 6.45) is 4.00. The zero-order valence-corrected chi connectivity index (χ0v) is 29.0. The van der Waals surface area contributed by atoms with Crippen LogP contribution in [0.25, 0.3) is 0 Å². The van der Waals surface area contributed by atoms with Crippen LogP contribution in [0.15, 0.2) is 102 Å². The van der Waals surface area contributed by atoms with E-state index in [0.717, 1.165) is 41.1 Å². The summed E-state index contributed by atoms with van der Waals surface area (Å²) in [6, 6.07) is 26.4. The van der Waals surface area contributed by atoms with Crippen molar-refractivity contribution in [2.75, 3.05) is 10.8 Å². The van der Waals surface area contributed by atoms with E-state index >= 15 is 0 Å². The number of benzene rings is 4. The van der Waals surface area contributed by atoms with Gasteiger partial charge in [0.05, 0.1) is 20.6 Å². The van der Waals surface area contributed by atoms with Crippen LogP contribution in [0.2, 0.25) is 15.1 Å². The highest BCUT2D eigenvalue weighted by atomic mass is 35.5. The fourth-order valence-electron chi connectivity index (χ4n) is 5.76. The Bertz CT molecular complexity index is 1820. The van der Waals surface area contributed by atoms with Crippen LogP contribution in [-0.2, 0) is 32.6 Å². The third-order valence-corrected chi connectivity index (χ3v) is 11.1. The molecule has 0 spiro atoms. The smallest absolute Gasteiger partial charge is 0.264 e. The zero-order chi connectivity index (χ0) is 33.6. The van der Waals surface area contributed by atoms with E-state index < -0.39 is 28.5 Å². The predicted molar refractivity (Wildman–Crippen MR) is 189 cm³/mol. The standard InChI is InChI=1S/C36H36Cl3N3O4S/c1-25-14-17-31(18-15-25)47(45,46)42(30-16-19-32(38)33(39)22-30)24-35(43)41(23-27-10-7-11-28(37)20-27)34(21-26-8-3-2-4-9-26)36(44)40-29-12-5-6-13-29/h2-4,7-11,14-20,22,29,34H,5-6,12-13,21,23-24H2,1H3,(H,40,44). The van der Waals surface area contributed by atoms with Crippen LogP contribution in [0.3, 0.4) is 0 Å². The molecular weight excluding hydrogens is 677 g/mol. The van der Waals surface area contributed by atoms with Gasteiger partial charge in [0.25, 0.3) is 10.0 Å². The van der Waals surface area contributed by atoms with Gasteiger partial charge < -0.3 is 10.2 Å². The molecule has 1 N–H and O–H groups in total. The Kier molecular flexibility index (Phi) is 11.5. The lowest BCUT2D eigenvalue weighted by molar-refractivity contribution is -0.140. The van der Waals surface area contributed by atoms with E-state index in [9.17, 15) is 18.0 Å². The number of nitrogens with zero attached hydrogens (tertiary/aromatic N) is 2. The summed E-state index contributed by atoms with van der Waals surface area (Å²) in [5.74, 6) is -0.868. The molecule has 4 aromatic carbocycles. The van der Waals surface area contributed by atoms with E-state index in [4.69, 9.17) is 34.8 Å². The summed E-state index contributed by atoms with van der Waals surface area (Å²) in [7, 11) is -4.27. The monoisotopic (exact) mass is 711 g/mol. The quantitative estimate of drug-likeness (QED) is 0.162. The SMILES string of the molecule is Cc1ccc(S(=O)(=O)N(CC(=O)N(Cc2cccc(Cl)c2)C(Cc2ccccc2)C(=O)NC2CCCC2)c2ccc(Cl)c(Cl)c2)cc1. The zero-order valence-electron chi connectivity index (χ0n) is 25.9. The summed E-state index contributed by atoms with van der Waals surface area (Å²) < 4.78 is 29.4. The molecule has 2 amide bonds. The van der Waals surface area contributed by atoms with Gasteiger partial charge in [0.1, 0.15) is 12.6 Å². The molecule has 0 heterocycles. The molecular formula is C36H36Cl3N3O4S. The number of carbonyl (C=O) groups excluding carboxylic acids is 2. The average Bonchev–Trinajstić information content (AvgIpc) is 3.56. The Labute approximate surface area is 291 Å². The van der Waals surface area contributed by atoms with E-state index in [1.807, 2.05) is 43.3 Å². The Morgan fingerprint density at radius 3 is 2.17 bits per heavy atom. The highest BCUT2D eigenvalue weighted by Gasteiger charge is 2.35. The number of rotatable bonds is 12. The van der Waals surface area contributed by atoms with E-state index in [2.05, 4.69) is 5.32 Å². The summed E-state index contributed by atoms with van der Waals surface area (Å²) in [4.78, 5) is 30.2. The molecule has 5 rings (SSSR count). The second-order valence-corrected chi connectivity index (χ2v) is 14.9. The molecule has 0 radical (unpaired) electrons. The van der Waals surface area contributed by atoms with Gasteiger partial charge in [0.2, 0.25) is 11.8 Å². The molecule has 0 bridgehead atoms. The molecule has 1 atom stereocenters. The number of aryl methyl sites for hydroxylation is 1. The first kappa shape index (κ1) is 34.8. The molecule has 0 aromatic heterocycles. The third-order valence-electron chi connectivity index (χ3n) is 8.29. The van der Waals surface area contributed by atoms with Gasteiger partial charge in [-0.1, -0.05) is 108 Å². The van der Waals surface area contributed by atoms with Crippen molar-refractivity contribution in [2.45, 2.75) is 62.6 Å². The van der Waals surface area contributed by atoms with Crippen LogP contribution in [0.4, 0.5) is 5.69 Å². The first-order valence-corrected chi connectivity index (χ1v) is 18.0. The summed E-state index contributed by atoms with van der Waals surface area (Å²) in [5.41, 5.74) is 2.59. The van der Waals surface area contributed by atoms with Gasteiger partial charge in [-0.15, -0.1) is 0 Å². The summed E-state index contributed by atoms with van der Waals surface area (Å²) in [5, 5.41) is 4.02. The molecule has 11 heteroatoms. The lowest BCUT2D eigenvalue weighted by Gasteiger charge is -2.34. The Morgan fingerprint density at radius 1 is 0.830 bits per heavy atom. The summed E-state index contributed by atoms with van der Waals surface area (Å²) >= 11 is 18.9. The van der Waals surface area contributed by atoms with Crippen molar-refractivity contribution in [3.63, 3.8) is 0 Å². The maximum Gasteiger partial charge on any atom is 0.264 e. The summed E-state index contributed by atoms with van der Waals surface area (Å²) in [6.45, 7) is 1.28. The second kappa shape index (κ2) is 15.6. The molecule has 1 aliphatic rings. The number of carbonyl (C=O) groups is 2. The maximum atomic E-state index is 14.6. The fraction of sp³-hybridized carbons (Fsp3) is 0.278. The first-order chi connectivity index (χ1) is 22.5. The molecule has 0 saturated heterocycles. The number of amides is 2. The van der Waals surface area contributed by atoms with E-state index in [-0.39, 0.29) is 45.5 Å². The number of anilines is 1. The predicted octanol–water partition coefficient (Wildman–Crippen LogP) is 7.85. The minimum atomic E-state index is -4.27. The number of hydrogen-bond donors (Lipinski definition) is 1. The van der Waals surface area contributed by atoms with E-state index in [1.54, 1.807) is 30.3 Å². The van der Waals surface area contributed by atoms with Crippen LogP contribution in [-0.4, -0.2) is 43.8 Å².